The van der Waals surface area contributed by atoms with E-state index in [0.717, 1.165) is 54.3 Å². The molecule has 8 heteroatoms. The van der Waals surface area contributed by atoms with E-state index in [2.05, 4.69) is 52.9 Å². The molecular formula is C26H34ClN5O2. The summed E-state index contributed by atoms with van der Waals surface area (Å²) in [5, 5.41) is 17.1. The minimum absolute atomic E-state index is 0.0383. The number of carbonyl (C=O) groups is 1. The summed E-state index contributed by atoms with van der Waals surface area (Å²) >= 11 is 6.06. The number of aromatic nitrogens is 4. The third kappa shape index (κ3) is 5.87. The molecule has 182 valence electrons. The van der Waals surface area contributed by atoms with Crippen LogP contribution in [0.5, 0.6) is 0 Å². The maximum atomic E-state index is 13.1. The summed E-state index contributed by atoms with van der Waals surface area (Å²) in [7, 11) is 0. The summed E-state index contributed by atoms with van der Waals surface area (Å²) in [5.74, 6) is 3.26. The Bertz CT molecular complexity index is 1150. The summed E-state index contributed by atoms with van der Waals surface area (Å²) < 4.78 is 7.76. The minimum Gasteiger partial charge on any atom is -0.361 e. The molecule has 0 saturated heterocycles. The molecule has 1 fully saturated rings. The summed E-state index contributed by atoms with van der Waals surface area (Å²) in [6.07, 6.45) is 4.17. The van der Waals surface area contributed by atoms with Crippen LogP contribution in [0.4, 0.5) is 5.69 Å². The van der Waals surface area contributed by atoms with Crippen LogP contribution in [0.15, 0.2) is 28.8 Å². The highest BCUT2D eigenvalue weighted by molar-refractivity contribution is 6.30. The number of anilines is 1. The molecule has 2 aromatic heterocycles. The van der Waals surface area contributed by atoms with Crippen molar-refractivity contribution in [2.24, 2.45) is 11.8 Å². The Hall–Kier alpha value is -2.67. The molecule has 0 bridgehead atoms. The number of benzene rings is 1. The highest BCUT2D eigenvalue weighted by atomic mass is 35.5. The van der Waals surface area contributed by atoms with E-state index in [-0.39, 0.29) is 11.8 Å². The largest absolute Gasteiger partial charge is 0.361 e. The van der Waals surface area contributed by atoms with E-state index in [1.807, 2.05) is 25.1 Å². The van der Waals surface area contributed by atoms with E-state index >= 15 is 0 Å². The fourth-order valence-corrected chi connectivity index (χ4v) is 4.63. The van der Waals surface area contributed by atoms with Crippen LogP contribution in [0.25, 0.3) is 11.5 Å². The standard InChI is InChI=1S/C26H34ClN5O2/c1-15(2)10-18(13-24(33)28-22-9-6-19(27)12-17(22)5)25-29-30-26(32(25)20-7-8-20)23-14-21(34-31-23)11-16(3)4/h6,9,12,14-16,18,20H,7-8,10-11,13H2,1-5H3,(H,28,33)/t18-/m0/s1. The Kier molecular flexibility index (Phi) is 7.41. The topological polar surface area (TPSA) is 85.8 Å². The molecular weight excluding hydrogens is 450 g/mol. The van der Waals surface area contributed by atoms with E-state index < -0.39 is 0 Å². The van der Waals surface area contributed by atoms with Crippen molar-refractivity contribution in [2.45, 2.75) is 78.7 Å². The highest BCUT2D eigenvalue weighted by Crippen LogP contribution is 2.42. The maximum absolute atomic E-state index is 13.1. The first-order valence-corrected chi connectivity index (χ1v) is 12.6. The number of rotatable bonds is 10. The summed E-state index contributed by atoms with van der Waals surface area (Å²) in [6.45, 7) is 10.6. The lowest BCUT2D eigenvalue weighted by molar-refractivity contribution is -0.116. The van der Waals surface area contributed by atoms with Crippen LogP contribution >= 0.6 is 11.6 Å². The van der Waals surface area contributed by atoms with Crippen LogP contribution in [0.2, 0.25) is 5.02 Å². The Morgan fingerprint density at radius 1 is 1.18 bits per heavy atom. The van der Waals surface area contributed by atoms with Gasteiger partial charge in [0, 0.05) is 41.6 Å². The van der Waals surface area contributed by atoms with Crippen molar-refractivity contribution in [1.82, 2.24) is 19.9 Å². The van der Waals surface area contributed by atoms with Crippen LogP contribution < -0.4 is 5.32 Å². The summed E-state index contributed by atoms with van der Waals surface area (Å²) in [6, 6.07) is 7.81. The lowest BCUT2D eigenvalue weighted by Gasteiger charge is -2.20. The molecule has 4 rings (SSSR count). The Balaban J connectivity index is 1.60. The van der Waals surface area contributed by atoms with Crippen LogP contribution in [0.1, 0.15) is 82.5 Å². The molecule has 34 heavy (non-hydrogen) atoms. The molecule has 1 saturated carbocycles. The van der Waals surface area contributed by atoms with Crippen LogP contribution in [-0.2, 0) is 11.2 Å². The zero-order chi connectivity index (χ0) is 24.4. The van der Waals surface area contributed by atoms with Gasteiger partial charge in [0.2, 0.25) is 5.91 Å². The van der Waals surface area contributed by atoms with Crippen LogP contribution in [0, 0.1) is 18.8 Å². The van der Waals surface area contributed by atoms with Gasteiger partial charge in [0.15, 0.2) is 11.5 Å². The second-order valence-corrected chi connectivity index (χ2v) is 10.7. The number of halogens is 1. The van der Waals surface area contributed by atoms with Crippen molar-refractivity contribution in [3.63, 3.8) is 0 Å². The molecule has 1 atom stereocenters. The summed E-state index contributed by atoms with van der Waals surface area (Å²) in [4.78, 5) is 13.1. The van der Waals surface area contributed by atoms with Gasteiger partial charge < -0.3 is 14.4 Å². The van der Waals surface area contributed by atoms with Gasteiger partial charge in [0.1, 0.15) is 11.6 Å². The Labute approximate surface area is 206 Å². The van der Waals surface area contributed by atoms with Crippen molar-refractivity contribution in [3.8, 4) is 11.5 Å². The normalized spacial score (nSPS) is 14.7. The van der Waals surface area contributed by atoms with Gasteiger partial charge >= 0.3 is 0 Å². The number of aryl methyl sites for hydroxylation is 1. The molecule has 3 aromatic rings. The van der Waals surface area contributed by atoms with E-state index in [4.69, 9.17) is 16.1 Å². The zero-order valence-corrected chi connectivity index (χ0v) is 21.4. The molecule has 0 unspecified atom stereocenters. The number of hydrogen-bond acceptors (Lipinski definition) is 5. The Morgan fingerprint density at radius 2 is 1.94 bits per heavy atom. The van der Waals surface area contributed by atoms with E-state index in [0.29, 0.717) is 35.0 Å². The van der Waals surface area contributed by atoms with Crippen LogP contribution in [-0.4, -0.2) is 25.8 Å². The number of carbonyl (C=O) groups excluding carboxylic acids is 1. The van der Waals surface area contributed by atoms with Gasteiger partial charge in [-0.15, -0.1) is 10.2 Å². The SMILES string of the molecule is Cc1cc(Cl)ccc1NC(=O)C[C@H](CC(C)C)c1nnc(-c2cc(CC(C)C)on2)n1C1CC1. The molecule has 2 heterocycles. The third-order valence-electron chi connectivity index (χ3n) is 6.05. The first-order valence-electron chi connectivity index (χ1n) is 12.2. The number of amides is 1. The van der Waals surface area contributed by atoms with Gasteiger partial charge in [-0.2, -0.15) is 0 Å². The molecule has 1 amide bonds. The maximum Gasteiger partial charge on any atom is 0.225 e. The smallest absolute Gasteiger partial charge is 0.225 e. The monoisotopic (exact) mass is 483 g/mol. The molecule has 1 aromatic carbocycles. The quantitative estimate of drug-likeness (QED) is 0.351. The number of nitrogens with zero attached hydrogens (tertiary/aromatic N) is 4. The van der Waals surface area contributed by atoms with Crippen molar-refractivity contribution in [1.29, 1.82) is 0 Å². The van der Waals surface area contributed by atoms with Gasteiger partial charge in [0.25, 0.3) is 0 Å². The average Bonchev–Trinajstić information content (AvgIpc) is 3.32. The van der Waals surface area contributed by atoms with Crippen molar-refractivity contribution < 1.29 is 9.32 Å². The first-order chi connectivity index (χ1) is 16.2. The highest BCUT2D eigenvalue weighted by Gasteiger charge is 2.34. The lowest BCUT2D eigenvalue weighted by atomic mass is 9.92. The predicted octanol–water partition coefficient (Wildman–Crippen LogP) is 6.59. The molecule has 7 nitrogen and oxygen atoms in total. The molecule has 1 N–H and O–H groups in total. The van der Waals surface area contributed by atoms with Gasteiger partial charge in [-0.3, -0.25) is 4.79 Å². The van der Waals surface area contributed by atoms with Gasteiger partial charge in [-0.1, -0.05) is 44.5 Å². The fraction of sp³-hybridized carbons (Fsp3) is 0.538. The van der Waals surface area contributed by atoms with Gasteiger partial charge in [0.05, 0.1) is 0 Å². The fourth-order valence-electron chi connectivity index (χ4n) is 4.41. The first kappa shape index (κ1) is 24.5. The molecule has 1 aliphatic rings. The van der Waals surface area contributed by atoms with E-state index in [1.54, 1.807) is 6.07 Å². The lowest BCUT2D eigenvalue weighted by Crippen LogP contribution is -2.20. The minimum atomic E-state index is -0.0449. The molecule has 0 radical (unpaired) electrons. The van der Waals surface area contributed by atoms with Crippen molar-refractivity contribution in [2.75, 3.05) is 5.32 Å². The van der Waals surface area contributed by atoms with Gasteiger partial charge in [-0.05, 0) is 61.8 Å². The average molecular weight is 484 g/mol. The molecule has 0 spiro atoms. The second kappa shape index (κ2) is 10.3. The predicted molar refractivity (Wildman–Crippen MR) is 134 cm³/mol. The van der Waals surface area contributed by atoms with Crippen molar-refractivity contribution >= 4 is 23.2 Å². The second-order valence-electron chi connectivity index (χ2n) is 10.3. The van der Waals surface area contributed by atoms with Crippen LogP contribution in [0.3, 0.4) is 0 Å². The molecule has 0 aliphatic heterocycles. The summed E-state index contributed by atoms with van der Waals surface area (Å²) in [5.41, 5.74) is 2.43. The van der Waals surface area contributed by atoms with Gasteiger partial charge in [-0.25, -0.2) is 0 Å². The van der Waals surface area contributed by atoms with Crippen molar-refractivity contribution in [3.05, 3.63) is 46.4 Å². The zero-order valence-electron chi connectivity index (χ0n) is 20.6. The van der Waals surface area contributed by atoms with E-state index in [9.17, 15) is 4.79 Å². The number of nitrogens with one attached hydrogen (secondary N) is 1. The Morgan fingerprint density at radius 3 is 2.59 bits per heavy atom. The number of hydrogen-bond donors (Lipinski definition) is 1. The molecule has 1 aliphatic carbocycles. The third-order valence-corrected chi connectivity index (χ3v) is 6.28. The van der Waals surface area contributed by atoms with E-state index in [1.165, 1.54) is 0 Å².